The molecule has 0 saturated carbocycles. The summed E-state index contributed by atoms with van der Waals surface area (Å²) in [6.45, 7) is 2.10. The topological polar surface area (TPSA) is 55.6 Å². The third kappa shape index (κ3) is 2.51. The number of aryl methyl sites for hydroxylation is 1. The van der Waals surface area contributed by atoms with Crippen LogP contribution < -0.4 is 5.32 Å². The van der Waals surface area contributed by atoms with Crippen LogP contribution in [-0.2, 0) is 7.05 Å². The smallest absolute Gasteiger partial charge is 0.112 e. The zero-order chi connectivity index (χ0) is 14.1. The SMILES string of the molecule is CC(Nc1ccnc2cc(Br)cnc12)c1cnn(C)c1. The summed E-state index contributed by atoms with van der Waals surface area (Å²) in [5.74, 6) is 0. The summed E-state index contributed by atoms with van der Waals surface area (Å²) >= 11 is 3.41. The Kier molecular flexibility index (Phi) is 3.40. The first-order valence-electron chi connectivity index (χ1n) is 6.29. The van der Waals surface area contributed by atoms with Crippen LogP contribution in [0.5, 0.6) is 0 Å². The number of hydrogen-bond donors (Lipinski definition) is 1. The standard InChI is InChI=1S/C14H14BrN5/c1-9(10-6-18-20(2)8-10)19-12-3-4-16-13-5-11(15)7-17-14(12)13/h3-9H,1-2H3,(H,16,19). The van der Waals surface area contributed by atoms with Crippen LogP contribution in [-0.4, -0.2) is 19.7 Å². The maximum absolute atomic E-state index is 4.44. The predicted molar refractivity (Wildman–Crippen MR) is 82.5 cm³/mol. The highest BCUT2D eigenvalue weighted by molar-refractivity contribution is 9.10. The fourth-order valence-corrected chi connectivity index (χ4v) is 2.42. The quantitative estimate of drug-likeness (QED) is 0.800. The number of fused-ring (bicyclic) bond motifs is 1. The van der Waals surface area contributed by atoms with Gasteiger partial charge < -0.3 is 5.32 Å². The van der Waals surface area contributed by atoms with Crippen molar-refractivity contribution >= 4 is 32.7 Å². The van der Waals surface area contributed by atoms with Gasteiger partial charge in [-0.15, -0.1) is 0 Å². The lowest BCUT2D eigenvalue weighted by atomic mass is 10.1. The Labute approximate surface area is 125 Å². The molecule has 0 spiro atoms. The minimum absolute atomic E-state index is 0.153. The first-order chi connectivity index (χ1) is 9.63. The minimum Gasteiger partial charge on any atom is -0.377 e. The summed E-state index contributed by atoms with van der Waals surface area (Å²) in [5, 5.41) is 7.66. The molecule has 20 heavy (non-hydrogen) atoms. The third-order valence-electron chi connectivity index (χ3n) is 3.14. The maximum Gasteiger partial charge on any atom is 0.112 e. The number of nitrogens with zero attached hydrogens (tertiary/aromatic N) is 4. The Morgan fingerprint density at radius 3 is 2.90 bits per heavy atom. The van der Waals surface area contributed by atoms with Gasteiger partial charge in [-0.05, 0) is 35.0 Å². The monoisotopic (exact) mass is 331 g/mol. The van der Waals surface area contributed by atoms with Gasteiger partial charge in [-0.2, -0.15) is 5.10 Å². The predicted octanol–water partition coefficient (Wildman–Crippen LogP) is 3.30. The molecule has 3 aromatic rings. The van der Waals surface area contributed by atoms with Gasteiger partial charge in [-0.25, -0.2) is 0 Å². The molecule has 0 aromatic carbocycles. The van der Waals surface area contributed by atoms with Gasteiger partial charge in [0.25, 0.3) is 0 Å². The highest BCUT2D eigenvalue weighted by atomic mass is 79.9. The Balaban J connectivity index is 1.94. The zero-order valence-corrected chi connectivity index (χ0v) is 12.8. The van der Waals surface area contributed by atoms with Crippen molar-refractivity contribution in [1.82, 2.24) is 19.7 Å². The van der Waals surface area contributed by atoms with Crippen LogP contribution in [0.1, 0.15) is 18.5 Å². The molecular weight excluding hydrogens is 318 g/mol. The Morgan fingerprint density at radius 1 is 1.30 bits per heavy atom. The van der Waals surface area contributed by atoms with Crippen molar-refractivity contribution in [3.05, 3.63) is 47.0 Å². The van der Waals surface area contributed by atoms with E-state index in [1.54, 1.807) is 17.1 Å². The van der Waals surface area contributed by atoms with Crippen LogP contribution in [0, 0.1) is 0 Å². The van der Waals surface area contributed by atoms with Crippen molar-refractivity contribution in [3.63, 3.8) is 0 Å². The fourth-order valence-electron chi connectivity index (χ4n) is 2.10. The van der Waals surface area contributed by atoms with Gasteiger partial charge in [-0.3, -0.25) is 14.6 Å². The lowest BCUT2D eigenvalue weighted by molar-refractivity contribution is 0.765. The second kappa shape index (κ2) is 5.20. The second-order valence-corrected chi connectivity index (χ2v) is 5.61. The minimum atomic E-state index is 0.153. The second-order valence-electron chi connectivity index (χ2n) is 4.69. The van der Waals surface area contributed by atoms with E-state index in [9.17, 15) is 0 Å². The molecule has 0 saturated heterocycles. The average Bonchev–Trinajstić information content (AvgIpc) is 2.85. The lowest BCUT2D eigenvalue weighted by Crippen LogP contribution is -2.06. The molecular formula is C14H14BrN5. The largest absolute Gasteiger partial charge is 0.377 e. The molecule has 1 atom stereocenters. The molecule has 0 bridgehead atoms. The summed E-state index contributed by atoms with van der Waals surface area (Å²) in [7, 11) is 1.91. The molecule has 6 heteroatoms. The average molecular weight is 332 g/mol. The first kappa shape index (κ1) is 13.1. The van der Waals surface area contributed by atoms with Crippen LogP contribution >= 0.6 is 15.9 Å². The van der Waals surface area contributed by atoms with Gasteiger partial charge in [0.1, 0.15) is 5.52 Å². The molecule has 0 amide bonds. The summed E-state index contributed by atoms with van der Waals surface area (Å²) in [6, 6.07) is 4.05. The first-order valence-corrected chi connectivity index (χ1v) is 7.08. The van der Waals surface area contributed by atoms with Gasteiger partial charge in [-0.1, -0.05) is 0 Å². The van der Waals surface area contributed by atoms with E-state index >= 15 is 0 Å². The van der Waals surface area contributed by atoms with E-state index < -0.39 is 0 Å². The van der Waals surface area contributed by atoms with Gasteiger partial charge >= 0.3 is 0 Å². The number of nitrogens with one attached hydrogen (secondary N) is 1. The van der Waals surface area contributed by atoms with E-state index in [0.29, 0.717) is 0 Å². The Hall–Kier alpha value is -1.95. The van der Waals surface area contributed by atoms with Crippen molar-refractivity contribution in [1.29, 1.82) is 0 Å². The molecule has 3 rings (SSSR count). The van der Waals surface area contributed by atoms with Crippen molar-refractivity contribution in [2.75, 3.05) is 5.32 Å². The molecule has 5 nitrogen and oxygen atoms in total. The zero-order valence-electron chi connectivity index (χ0n) is 11.2. The number of halogens is 1. The molecule has 3 aromatic heterocycles. The van der Waals surface area contributed by atoms with Gasteiger partial charge in [0.05, 0.1) is 23.4 Å². The van der Waals surface area contributed by atoms with Crippen LogP contribution in [0.3, 0.4) is 0 Å². The highest BCUT2D eigenvalue weighted by Crippen LogP contribution is 2.25. The molecule has 1 unspecified atom stereocenters. The summed E-state index contributed by atoms with van der Waals surface area (Å²) in [4.78, 5) is 8.78. The van der Waals surface area contributed by atoms with E-state index in [2.05, 4.69) is 43.2 Å². The number of rotatable bonds is 3. The highest BCUT2D eigenvalue weighted by Gasteiger charge is 2.10. The van der Waals surface area contributed by atoms with Crippen LogP contribution in [0.2, 0.25) is 0 Å². The van der Waals surface area contributed by atoms with Crippen molar-refractivity contribution in [2.24, 2.45) is 7.05 Å². The van der Waals surface area contributed by atoms with Crippen molar-refractivity contribution < 1.29 is 0 Å². The van der Waals surface area contributed by atoms with E-state index in [-0.39, 0.29) is 6.04 Å². The van der Waals surface area contributed by atoms with Crippen molar-refractivity contribution in [3.8, 4) is 0 Å². The van der Waals surface area contributed by atoms with E-state index in [4.69, 9.17) is 0 Å². The van der Waals surface area contributed by atoms with Gasteiger partial charge in [0.15, 0.2) is 0 Å². The van der Waals surface area contributed by atoms with Gasteiger partial charge in [0, 0.05) is 35.7 Å². The summed E-state index contributed by atoms with van der Waals surface area (Å²) < 4.78 is 2.73. The Bertz CT molecular complexity index is 752. The van der Waals surface area contributed by atoms with E-state index in [1.165, 1.54) is 0 Å². The molecule has 1 N–H and O–H groups in total. The normalized spacial score (nSPS) is 12.6. The molecule has 3 heterocycles. The summed E-state index contributed by atoms with van der Waals surface area (Å²) in [6.07, 6.45) is 7.44. The third-order valence-corrected chi connectivity index (χ3v) is 3.57. The molecule has 0 aliphatic rings. The molecule has 0 aliphatic heterocycles. The molecule has 0 radical (unpaired) electrons. The molecule has 0 aliphatic carbocycles. The van der Waals surface area contributed by atoms with Crippen LogP contribution in [0.15, 0.2) is 41.4 Å². The molecule has 102 valence electrons. The van der Waals surface area contributed by atoms with E-state index in [1.807, 2.05) is 31.6 Å². The van der Waals surface area contributed by atoms with Crippen molar-refractivity contribution in [2.45, 2.75) is 13.0 Å². The van der Waals surface area contributed by atoms with Gasteiger partial charge in [0.2, 0.25) is 0 Å². The number of anilines is 1. The number of hydrogen-bond acceptors (Lipinski definition) is 4. The molecule has 0 fully saturated rings. The van der Waals surface area contributed by atoms with E-state index in [0.717, 1.165) is 26.8 Å². The number of pyridine rings is 2. The van der Waals surface area contributed by atoms with Crippen LogP contribution in [0.25, 0.3) is 11.0 Å². The summed E-state index contributed by atoms with van der Waals surface area (Å²) in [5.41, 5.74) is 3.84. The Morgan fingerprint density at radius 2 is 2.15 bits per heavy atom. The maximum atomic E-state index is 4.44. The fraction of sp³-hybridized carbons (Fsp3) is 0.214. The lowest BCUT2D eigenvalue weighted by Gasteiger charge is -2.14. The number of aromatic nitrogens is 4. The van der Waals surface area contributed by atoms with Crippen LogP contribution in [0.4, 0.5) is 5.69 Å².